The lowest BCUT2D eigenvalue weighted by Gasteiger charge is -2.14. The SMILES string of the molecule is NS(=O)(=O)c1ccc(CCN2C(=O)/C(=C/c3cccc(F)c3)SC2=S)cc1. The highest BCUT2D eigenvalue weighted by atomic mass is 32.2. The van der Waals surface area contributed by atoms with E-state index in [1.165, 1.54) is 40.9 Å². The Morgan fingerprint density at radius 1 is 1.19 bits per heavy atom. The quantitative estimate of drug-likeness (QED) is 0.592. The van der Waals surface area contributed by atoms with Gasteiger partial charge in [-0.2, -0.15) is 0 Å². The first-order chi connectivity index (χ1) is 12.7. The number of sulfonamides is 1. The predicted octanol–water partition coefficient (Wildman–Crippen LogP) is 2.92. The summed E-state index contributed by atoms with van der Waals surface area (Å²) in [6.45, 7) is 0.361. The maximum atomic E-state index is 13.3. The molecule has 0 unspecified atom stereocenters. The number of nitrogens with zero attached hydrogens (tertiary/aromatic N) is 1. The van der Waals surface area contributed by atoms with E-state index in [-0.39, 0.29) is 16.6 Å². The highest BCUT2D eigenvalue weighted by Gasteiger charge is 2.31. The average molecular weight is 423 g/mol. The van der Waals surface area contributed by atoms with Crippen LogP contribution in [0.3, 0.4) is 0 Å². The number of benzene rings is 2. The number of halogens is 1. The van der Waals surface area contributed by atoms with Crippen LogP contribution in [-0.4, -0.2) is 30.1 Å². The number of thioether (sulfide) groups is 1. The van der Waals surface area contributed by atoms with E-state index in [9.17, 15) is 17.6 Å². The Balaban J connectivity index is 1.69. The predicted molar refractivity (Wildman–Crippen MR) is 108 cm³/mol. The van der Waals surface area contributed by atoms with Crippen LogP contribution in [0.4, 0.5) is 4.39 Å². The van der Waals surface area contributed by atoms with Gasteiger partial charge in [-0.15, -0.1) is 0 Å². The third kappa shape index (κ3) is 4.81. The van der Waals surface area contributed by atoms with Crippen LogP contribution in [0.25, 0.3) is 6.08 Å². The minimum Gasteiger partial charge on any atom is -0.293 e. The van der Waals surface area contributed by atoms with Crippen LogP contribution in [0.15, 0.2) is 58.3 Å². The van der Waals surface area contributed by atoms with Crippen LogP contribution in [-0.2, 0) is 21.2 Å². The molecule has 3 rings (SSSR count). The van der Waals surface area contributed by atoms with Gasteiger partial charge in [0.25, 0.3) is 5.91 Å². The van der Waals surface area contributed by atoms with Gasteiger partial charge in [0.1, 0.15) is 10.1 Å². The Kier molecular flexibility index (Phi) is 5.75. The van der Waals surface area contributed by atoms with Crippen molar-refractivity contribution >= 4 is 50.3 Å². The van der Waals surface area contributed by atoms with Crippen LogP contribution >= 0.6 is 24.0 Å². The molecule has 1 aliphatic heterocycles. The number of rotatable bonds is 5. The van der Waals surface area contributed by atoms with E-state index in [1.807, 2.05) is 0 Å². The van der Waals surface area contributed by atoms with Gasteiger partial charge in [0, 0.05) is 6.54 Å². The molecule has 1 saturated heterocycles. The Labute approximate surface area is 166 Å². The third-order valence-corrected chi connectivity index (χ3v) is 6.20. The number of carbonyl (C=O) groups excluding carboxylic acids is 1. The normalized spacial score (nSPS) is 16.4. The zero-order valence-corrected chi connectivity index (χ0v) is 16.4. The monoisotopic (exact) mass is 422 g/mol. The summed E-state index contributed by atoms with van der Waals surface area (Å²) in [7, 11) is -3.73. The van der Waals surface area contributed by atoms with Crippen molar-refractivity contribution in [2.24, 2.45) is 5.14 Å². The Morgan fingerprint density at radius 2 is 1.89 bits per heavy atom. The standard InChI is InChI=1S/C18H15FN2O3S3/c19-14-3-1-2-13(10-14)11-16-17(22)21(18(25)26-16)9-8-12-4-6-15(7-5-12)27(20,23)24/h1-7,10-11H,8-9H2,(H2,20,23,24)/b16-11-. The van der Waals surface area contributed by atoms with E-state index < -0.39 is 10.0 Å². The lowest BCUT2D eigenvalue weighted by atomic mass is 10.1. The molecule has 2 aromatic carbocycles. The van der Waals surface area contributed by atoms with Gasteiger partial charge in [-0.3, -0.25) is 9.69 Å². The molecule has 0 bridgehead atoms. The highest BCUT2D eigenvalue weighted by Crippen LogP contribution is 2.32. The van der Waals surface area contributed by atoms with Crippen LogP contribution in [0, 0.1) is 5.82 Å². The number of hydrogen-bond acceptors (Lipinski definition) is 5. The molecule has 2 N–H and O–H groups in total. The maximum Gasteiger partial charge on any atom is 0.266 e. The number of primary sulfonamides is 1. The fraction of sp³-hybridized carbons (Fsp3) is 0.111. The fourth-order valence-corrected chi connectivity index (χ4v) is 4.35. The largest absolute Gasteiger partial charge is 0.293 e. The first-order valence-electron chi connectivity index (χ1n) is 7.87. The first-order valence-corrected chi connectivity index (χ1v) is 10.6. The number of nitrogens with two attached hydrogens (primary N) is 1. The minimum atomic E-state index is -3.73. The maximum absolute atomic E-state index is 13.3. The lowest BCUT2D eigenvalue weighted by Crippen LogP contribution is -2.30. The van der Waals surface area contributed by atoms with E-state index in [0.717, 1.165) is 5.56 Å². The molecule has 0 atom stereocenters. The summed E-state index contributed by atoms with van der Waals surface area (Å²) in [5.74, 6) is -0.599. The molecular weight excluding hydrogens is 407 g/mol. The van der Waals surface area contributed by atoms with Crippen LogP contribution in [0.5, 0.6) is 0 Å². The zero-order valence-electron chi connectivity index (χ0n) is 14.0. The Bertz CT molecular complexity index is 1030. The highest BCUT2D eigenvalue weighted by molar-refractivity contribution is 8.26. The first kappa shape index (κ1) is 19.7. The number of thiocarbonyl (C=S) groups is 1. The molecule has 27 heavy (non-hydrogen) atoms. The molecule has 1 fully saturated rings. The molecule has 1 aliphatic rings. The van der Waals surface area contributed by atoms with E-state index in [2.05, 4.69) is 0 Å². The van der Waals surface area contributed by atoms with Crippen molar-refractivity contribution in [3.63, 3.8) is 0 Å². The molecule has 0 saturated carbocycles. The molecule has 1 amide bonds. The molecule has 0 aromatic heterocycles. The average Bonchev–Trinajstić information content (AvgIpc) is 2.86. The topological polar surface area (TPSA) is 80.5 Å². The summed E-state index contributed by atoms with van der Waals surface area (Å²) < 4.78 is 36.3. The van der Waals surface area contributed by atoms with Gasteiger partial charge >= 0.3 is 0 Å². The van der Waals surface area contributed by atoms with Gasteiger partial charge in [0.15, 0.2) is 0 Å². The smallest absolute Gasteiger partial charge is 0.266 e. The second-order valence-corrected chi connectivity index (χ2v) is 9.06. The summed E-state index contributed by atoms with van der Waals surface area (Å²) in [5.41, 5.74) is 1.44. The van der Waals surface area contributed by atoms with Gasteiger partial charge in [-0.1, -0.05) is 48.2 Å². The van der Waals surface area contributed by atoms with E-state index in [0.29, 0.717) is 27.8 Å². The van der Waals surface area contributed by atoms with Gasteiger partial charge in [-0.25, -0.2) is 17.9 Å². The van der Waals surface area contributed by atoms with E-state index in [4.69, 9.17) is 17.4 Å². The second-order valence-electron chi connectivity index (χ2n) is 5.83. The molecule has 0 spiro atoms. The van der Waals surface area contributed by atoms with Crippen molar-refractivity contribution in [2.45, 2.75) is 11.3 Å². The van der Waals surface area contributed by atoms with Gasteiger partial charge in [0.2, 0.25) is 10.0 Å². The molecule has 0 aliphatic carbocycles. The van der Waals surface area contributed by atoms with Crippen LogP contribution in [0.1, 0.15) is 11.1 Å². The van der Waals surface area contributed by atoms with E-state index in [1.54, 1.807) is 30.3 Å². The number of carbonyl (C=O) groups is 1. The second kappa shape index (κ2) is 7.89. The Hall–Kier alpha value is -2.07. The Morgan fingerprint density at radius 3 is 2.52 bits per heavy atom. The van der Waals surface area contributed by atoms with E-state index >= 15 is 0 Å². The molecule has 1 heterocycles. The fourth-order valence-electron chi connectivity index (χ4n) is 2.53. The summed E-state index contributed by atoms with van der Waals surface area (Å²) in [6.07, 6.45) is 2.12. The van der Waals surface area contributed by atoms with Crippen molar-refractivity contribution < 1.29 is 17.6 Å². The lowest BCUT2D eigenvalue weighted by molar-refractivity contribution is -0.122. The van der Waals surface area contributed by atoms with Gasteiger partial charge in [-0.05, 0) is 47.9 Å². The van der Waals surface area contributed by atoms with Crippen LogP contribution < -0.4 is 5.14 Å². The molecule has 5 nitrogen and oxygen atoms in total. The summed E-state index contributed by atoms with van der Waals surface area (Å²) in [4.78, 5) is 14.5. The molecule has 9 heteroatoms. The molecule has 2 aromatic rings. The van der Waals surface area contributed by atoms with Crippen molar-refractivity contribution in [2.75, 3.05) is 6.54 Å². The van der Waals surface area contributed by atoms with Crippen molar-refractivity contribution in [3.05, 3.63) is 70.4 Å². The summed E-state index contributed by atoms with van der Waals surface area (Å²) >= 11 is 6.45. The van der Waals surface area contributed by atoms with Crippen molar-refractivity contribution in [3.8, 4) is 0 Å². The number of hydrogen-bond donors (Lipinski definition) is 1. The third-order valence-electron chi connectivity index (χ3n) is 3.90. The molecule has 140 valence electrons. The molecule has 0 radical (unpaired) electrons. The minimum absolute atomic E-state index is 0.0369. The summed E-state index contributed by atoms with van der Waals surface area (Å²) in [5, 5.41) is 5.07. The zero-order chi connectivity index (χ0) is 19.6. The molecular formula is C18H15FN2O3S3. The van der Waals surface area contributed by atoms with Gasteiger partial charge < -0.3 is 0 Å². The number of amides is 1. The van der Waals surface area contributed by atoms with Crippen molar-refractivity contribution in [1.82, 2.24) is 4.90 Å². The van der Waals surface area contributed by atoms with Crippen molar-refractivity contribution in [1.29, 1.82) is 0 Å². The summed E-state index contributed by atoms with van der Waals surface area (Å²) in [6, 6.07) is 12.1. The van der Waals surface area contributed by atoms with Gasteiger partial charge in [0.05, 0.1) is 9.80 Å². The van der Waals surface area contributed by atoms with Crippen LogP contribution in [0.2, 0.25) is 0 Å².